The van der Waals surface area contributed by atoms with E-state index in [1.807, 2.05) is 0 Å². The van der Waals surface area contributed by atoms with Crippen molar-refractivity contribution >= 4 is 59.0 Å². The average Bonchev–Trinajstić information content (AvgIpc) is 3.07. The summed E-state index contributed by atoms with van der Waals surface area (Å²) in [5.74, 6) is -4.90. The molecule has 0 aromatic heterocycles. The third-order valence-corrected chi connectivity index (χ3v) is 21.1. The Labute approximate surface area is 328 Å². The van der Waals surface area contributed by atoms with Crippen molar-refractivity contribution in [3.63, 3.8) is 0 Å². The summed E-state index contributed by atoms with van der Waals surface area (Å²) in [7, 11) is -30.6. The summed E-state index contributed by atoms with van der Waals surface area (Å²) in [6.45, 7) is 10.7. The second-order valence-electron chi connectivity index (χ2n) is 14.1. The standard InChI is InChI=1S/C36H66O12S6/c1-7-13-19-25-49(37,38)31-32(50(39,40)26-20-14-8-2)34(52(43,44)28-22-16-10-4)36(54(47,48)30-24-18-12-6)35(53(45,46)29-23-17-11-5)33(31)51(41,42)27-21-15-9-3/h7-30H2,1-6H3. The summed E-state index contributed by atoms with van der Waals surface area (Å²) in [6, 6.07) is 0. The van der Waals surface area contributed by atoms with Crippen molar-refractivity contribution in [2.45, 2.75) is 186 Å². The molecular weight excluding hydrogens is 817 g/mol. The lowest BCUT2D eigenvalue weighted by Crippen LogP contribution is -2.30. The highest BCUT2D eigenvalue weighted by atomic mass is 32.2. The van der Waals surface area contributed by atoms with Crippen LogP contribution in [-0.2, 0) is 59.0 Å². The van der Waals surface area contributed by atoms with E-state index in [0.29, 0.717) is 77.0 Å². The number of sulfone groups is 6. The highest BCUT2D eigenvalue weighted by molar-refractivity contribution is 7.99. The first kappa shape index (κ1) is 50.9. The summed E-state index contributed by atoms with van der Waals surface area (Å²) < 4.78 is 176. The molecule has 0 heterocycles. The molecule has 1 rings (SSSR count). The third-order valence-electron chi connectivity index (χ3n) is 9.20. The van der Waals surface area contributed by atoms with Gasteiger partial charge in [-0.25, -0.2) is 50.5 Å². The van der Waals surface area contributed by atoms with Gasteiger partial charge in [0.05, 0.1) is 34.5 Å². The molecule has 318 valence electrons. The molecule has 12 nitrogen and oxygen atoms in total. The van der Waals surface area contributed by atoms with Gasteiger partial charge in [0.1, 0.15) is 29.4 Å². The van der Waals surface area contributed by atoms with E-state index in [4.69, 9.17) is 0 Å². The first-order chi connectivity index (χ1) is 25.1. The van der Waals surface area contributed by atoms with E-state index in [0.717, 1.165) is 0 Å². The minimum Gasteiger partial charge on any atom is -0.224 e. The zero-order valence-electron chi connectivity index (χ0n) is 33.3. The summed E-state index contributed by atoms with van der Waals surface area (Å²) in [5, 5.41) is 0. The molecule has 18 heteroatoms. The molecule has 0 spiro atoms. The van der Waals surface area contributed by atoms with Crippen molar-refractivity contribution in [2.75, 3.05) is 34.5 Å². The number of hydrogen-bond donors (Lipinski definition) is 0. The van der Waals surface area contributed by atoms with Gasteiger partial charge in [-0.05, 0) is 38.5 Å². The van der Waals surface area contributed by atoms with Crippen LogP contribution in [0.2, 0.25) is 0 Å². The number of unbranched alkanes of at least 4 members (excludes halogenated alkanes) is 12. The second-order valence-corrected chi connectivity index (χ2v) is 26.4. The molecule has 0 amide bonds. The fraction of sp³-hybridized carbons (Fsp3) is 0.833. The molecular formula is C36H66O12S6. The van der Waals surface area contributed by atoms with Crippen LogP contribution >= 0.6 is 0 Å². The van der Waals surface area contributed by atoms with Crippen molar-refractivity contribution in [3.8, 4) is 0 Å². The third kappa shape index (κ3) is 14.1. The van der Waals surface area contributed by atoms with E-state index in [-0.39, 0.29) is 38.5 Å². The topological polar surface area (TPSA) is 205 Å². The van der Waals surface area contributed by atoms with Gasteiger partial charge in [-0.1, -0.05) is 119 Å². The Hall–Kier alpha value is -1.08. The lowest BCUT2D eigenvalue weighted by Gasteiger charge is -2.26. The van der Waals surface area contributed by atoms with E-state index in [1.54, 1.807) is 41.5 Å². The van der Waals surface area contributed by atoms with Crippen molar-refractivity contribution < 1.29 is 50.5 Å². The van der Waals surface area contributed by atoms with Gasteiger partial charge >= 0.3 is 0 Å². The zero-order chi connectivity index (χ0) is 41.4. The van der Waals surface area contributed by atoms with Gasteiger partial charge < -0.3 is 0 Å². The van der Waals surface area contributed by atoms with Crippen LogP contribution in [0.4, 0.5) is 0 Å². The van der Waals surface area contributed by atoms with Crippen LogP contribution in [0.15, 0.2) is 29.4 Å². The Bertz CT molecular complexity index is 1620. The van der Waals surface area contributed by atoms with Crippen molar-refractivity contribution in [2.24, 2.45) is 0 Å². The molecule has 1 aromatic rings. The van der Waals surface area contributed by atoms with Gasteiger partial charge in [-0.3, -0.25) is 0 Å². The molecule has 1 aromatic carbocycles. The van der Waals surface area contributed by atoms with Crippen LogP contribution in [0.25, 0.3) is 0 Å². The summed E-state index contributed by atoms with van der Waals surface area (Å²) in [6.07, 6.45) is 4.61. The van der Waals surface area contributed by atoms with E-state index >= 15 is 0 Å². The van der Waals surface area contributed by atoms with E-state index in [2.05, 4.69) is 0 Å². The van der Waals surface area contributed by atoms with E-state index in [1.165, 1.54) is 0 Å². The molecule has 0 bridgehead atoms. The van der Waals surface area contributed by atoms with Crippen LogP contribution in [0.5, 0.6) is 0 Å². The Kier molecular flexibility index (Phi) is 21.5. The van der Waals surface area contributed by atoms with Gasteiger partial charge in [0.25, 0.3) is 0 Å². The van der Waals surface area contributed by atoms with Gasteiger partial charge in [0.15, 0.2) is 59.0 Å². The molecule has 0 saturated carbocycles. The number of benzene rings is 1. The monoisotopic (exact) mass is 882 g/mol. The lowest BCUT2D eigenvalue weighted by atomic mass is 10.3. The van der Waals surface area contributed by atoms with Crippen LogP contribution in [-0.4, -0.2) is 85.0 Å². The highest BCUT2D eigenvalue weighted by Gasteiger charge is 2.49. The van der Waals surface area contributed by atoms with E-state index in [9.17, 15) is 50.5 Å². The minimum atomic E-state index is -5.10. The zero-order valence-corrected chi connectivity index (χ0v) is 38.2. The molecule has 0 saturated heterocycles. The summed E-state index contributed by atoms with van der Waals surface area (Å²) in [5.41, 5.74) is 0. The quantitative estimate of drug-likeness (QED) is 0.0691. The maximum Gasteiger partial charge on any atom is 0.181 e. The van der Waals surface area contributed by atoms with Crippen LogP contribution in [0.1, 0.15) is 157 Å². The van der Waals surface area contributed by atoms with Gasteiger partial charge in [0.2, 0.25) is 0 Å². The lowest BCUT2D eigenvalue weighted by molar-refractivity contribution is 0.535. The normalized spacial score (nSPS) is 13.4. The molecule has 0 aliphatic carbocycles. The molecule has 0 aliphatic heterocycles. The highest BCUT2D eigenvalue weighted by Crippen LogP contribution is 2.47. The predicted molar refractivity (Wildman–Crippen MR) is 216 cm³/mol. The number of rotatable bonds is 30. The maximum atomic E-state index is 14.7. The molecule has 0 radical (unpaired) electrons. The molecule has 0 atom stereocenters. The molecule has 0 unspecified atom stereocenters. The first-order valence-electron chi connectivity index (χ1n) is 19.7. The smallest absolute Gasteiger partial charge is 0.181 e. The average molecular weight is 883 g/mol. The summed E-state index contributed by atoms with van der Waals surface area (Å²) in [4.78, 5) is -8.49. The second kappa shape index (κ2) is 22.8. The van der Waals surface area contributed by atoms with Crippen LogP contribution in [0, 0.1) is 0 Å². The van der Waals surface area contributed by atoms with Crippen LogP contribution < -0.4 is 0 Å². The van der Waals surface area contributed by atoms with E-state index < -0.39 is 123 Å². The first-order valence-corrected chi connectivity index (χ1v) is 29.6. The molecule has 0 N–H and O–H groups in total. The predicted octanol–water partition coefficient (Wildman–Crippen LogP) is 7.47. The Morgan fingerprint density at radius 2 is 0.333 bits per heavy atom. The van der Waals surface area contributed by atoms with Crippen molar-refractivity contribution in [1.82, 2.24) is 0 Å². The molecule has 0 aliphatic rings. The van der Waals surface area contributed by atoms with Crippen molar-refractivity contribution in [1.29, 1.82) is 0 Å². The Morgan fingerprint density at radius 3 is 0.426 bits per heavy atom. The van der Waals surface area contributed by atoms with Gasteiger partial charge in [-0.2, -0.15) is 0 Å². The maximum absolute atomic E-state index is 14.7. The SMILES string of the molecule is CCCCCS(=O)(=O)c1c(S(=O)(=O)CCCCC)c(S(=O)(=O)CCCCC)c(S(=O)(=O)CCCCC)c(S(=O)(=O)CCCCC)c1S(=O)(=O)CCCCC. The number of hydrogen-bond acceptors (Lipinski definition) is 12. The Balaban J connectivity index is 5.27. The Morgan fingerprint density at radius 1 is 0.222 bits per heavy atom. The van der Waals surface area contributed by atoms with Gasteiger partial charge in [-0.15, -0.1) is 0 Å². The van der Waals surface area contributed by atoms with Crippen LogP contribution in [0.3, 0.4) is 0 Å². The van der Waals surface area contributed by atoms with Gasteiger partial charge in [0, 0.05) is 0 Å². The fourth-order valence-corrected chi connectivity index (χ4v) is 20.5. The summed E-state index contributed by atoms with van der Waals surface area (Å²) >= 11 is 0. The fourth-order valence-electron chi connectivity index (χ4n) is 6.18. The minimum absolute atomic E-state index is 0.0717. The van der Waals surface area contributed by atoms with Crippen molar-refractivity contribution in [3.05, 3.63) is 0 Å². The largest absolute Gasteiger partial charge is 0.224 e. The molecule has 0 fully saturated rings. The molecule has 54 heavy (non-hydrogen) atoms.